The van der Waals surface area contributed by atoms with Gasteiger partial charge in [0.2, 0.25) is 0 Å². The topological polar surface area (TPSA) is 37.0 Å². The molecule has 3 nitrogen and oxygen atoms in total. The molecule has 2 N–H and O–H groups in total. The number of nitrogens with one attached hydrogen (secondary N) is 2. The molecule has 1 aromatic heterocycles. The number of fused-ring (bicyclic) bond motifs is 5. The Morgan fingerprint density at radius 1 is 0.850 bits per heavy atom. The SMILES string of the molecule is CC(C)CCC[C@@H](C)[C@H]1CC[C@H]2[C@@H]3CCC4CC(NCCCCNCc5ccccn5)CC[C@]4(C)[C@H]3CC[C@]12C. The summed E-state index contributed by atoms with van der Waals surface area (Å²) in [6, 6.07) is 6.92. The van der Waals surface area contributed by atoms with E-state index in [1.165, 1.54) is 90.0 Å². The van der Waals surface area contributed by atoms with E-state index in [4.69, 9.17) is 0 Å². The first-order valence-electron chi connectivity index (χ1n) is 17.6. The predicted molar refractivity (Wildman–Crippen MR) is 170 cm³/mol. The summed E-state index contributed by atoms with van der Waals surface area (Å²) in [4.78, 5) is 4.41. The minimum atomic E-state index is 0.610. The van der Waals surface area contributed by atoms with Crippen molar-refractivity contribution in [3.05, 3.63) is 30.1 Å². The van der Waals surface area contributed by atoms with E-state index in [0.29, 0.717) is 10.8 Å². The highest BCUT2D eigenvalue weighted by molar-refractivity contribution is 5.10. The molecule has 4 fully saturated rings. The molecule has 2 unspecified atom stereocenters. The molecule has 4 aliphatic rings. The van der Waals surface area contributed by atoms with Gasteiger partial charge in [-0.15, -0.1) is 0 Å². The maximum absolute atomic E-state index is 4.41. The van der Waals surface area contributed by atoms with Crippen molar-refractivity contribution in [1.29, 1.82) is 0 Å². The lowest BCUT2D eigenvalue weighted by molar-refractivity contribution is -0.118. The summed E-state index contributed by atoms with van der Waals surface area (Å²) in [7, 11) is 0. The summed E-state index contributed by atoms with van der Waals surface area (Å²) >= 11 is 0. The van der Waals surface area contributed by atoms with Crippen LogP contribution >= 0.6 is 0 Å². The Bertz CT molecular complexity index is 900. The van der Waals surface area contributed by atoms with Gasteiger partial charge in [-0.25, -0.2) is 0 Å². The molecule has 0 amide bonds. The summed E-state index contributed by atoms with van der Waals surface area (Å²) in [5.41, 5.74) is 2.38. The molecule has 0 saturated heterocycles. The normalized spacial score (nSPS) is 38.0. The second-order valence-corrected chi connectivity index (χ2v) is 15.8. The molecule has 226 valence electrons. The van der Waals surface area contributed by atoms with E-state index in [1.54, 1.807) is 6.42 Å². The average Bonchev–Trinajstić information content (AvgIpc) is 3.30. The molecule has 0 aromatic carbocycles. The van der Waals surface area contributed by atoms with Gasteiger partial charge in [0, 0.05) is 18.8 Å². The Balaban J connectivity index is 1.06. The van der Waals surface area contributed by atoms with Crippen molar-refractivity contribution in [2.45, 2.75) is 137 Å². The Hall–Kier alpha value is -0.930. The second kappa shape index (κ2) is 13.6. The summed E-state index contributed by atoms with van der Waals surface area (Å²) in [5, 5.41) is 7.56. The Morgan fingerprint density at radius 3 is 2.45 bits per heavy atom. The highest BCUT2D eigenvalue weighted by atomic mass is 14.9. The fourth-order valence-electron chi connectivity index (χ4n) is 10.9. The van der Waals surface area contributed by atoms with Gasteiger partial charge in [0.1, 0.15) is 0 Å². The lowest BCUT2D eigenvalue weighted by Crippen LogP contribution is -2.55. The zero-order chi connectivity index (χ0) is 28.2. The first-order chi connectivity index (χ1) is 19.3. The molecule has 40 heavy (non-hydrogen) atoms. The van der Waals surface area contributed by atoms with Crippen LogP contribution in [0.3, 0.4) is 0 Å². The van der Waals surface area contributed by atoms with Crippen LogP contribution in [0, 0.1) is 52.3 Å². The van der Waals surface area contributed by atoms with Gasteiger partial charge in [-0.1, -0.05) is 59.9 Å². The number of aromatic nitrogens is 1. The Kier molecular flexibility index (Phi) is 10.4. The molecule has 1 aromatic rings. The van der Waals surface area contributed by atoms with Crippen molar-refractivity contribution in [3.63, 3.8) is 0 Å². The third-order valence-electron chi connectivity index (χ3n) is 13.1. The van der Waals surface area contributed by atoms with Gasteiger partial charge < -0.3 is 10.6 Å². The van der Waals surface area contributed by atoms with Crippen LogP contribution in [0.1, 0.15) is 130 Å². The van der Waals surface area contributed by atoms with E-state index >= 15 is 0 Å². The van der Waals surface area contributed by atoms with Crippen LogP contribution < -0.4 is 10.6 Å². The third-order valence-corrected chi connectivity index (χ3v) is 13.1. The highest BCUT2D eigenvalue weighted by Crippen LogP contribution is 2.68. The molecule has 0 aliphatic heterocycles. The standard InChI is InChI=1S/C37H63N3/c1-27(2)11-10-12-28(3)33-16-17-34-32-15-14-29-25-30(18-20-36(29,4)35(32)19-21-37(33,34)5)39-24-9-8-22-38-26-31-13-6-7-23-40-31/h6-7,13,23,27-30,32-35,38-39H,8-12,14-22,24-26H2,1-5H3/t28-,29?,30?,32+,33-,34+,35+,36+,37-/m1/s1. The molecule has 9 atom stereocenters. The van der Waals surface area contributed by atoms with Crippen LogP contribution in [0.4, 0.5) is 0 Å². The molecule has 1 heterocycles. The van der Waals surface area contributed by atoms with Crippen LogP contribution in [0.25, 0.3) is 0 Å². The number of pyridine rings is 1. The van der Waals surface area contributed by atoms with Gasteiger partial charge in [0.05, 0.1) is 5.69 Å². The molecular formula is C37H63N3. The summed E-state index contributed by atoms with van der Waals surface area (Å²) in [6.45, 7) is 16.1. The van der Waals surface area contributed by atoms with Crippen molar-refractivity contribution in [2.24, 2.45) is 52.3 Å². The first kappa shape index (κ1) is 30.5. The van der Waals surface area contributed by atoms with Gasteiger partial charge in [-0.2, -0.15) is 0 Å². The van der Waals surface area contributed by atoms with Crippen LogP contribution in [0.2, 0.25) is 0 Å². The van der Waals surface area contributed by atoms with Gasteiger partial charge in [0.25, 0.3) is 0 Å². The minimum absolute atomic E-state index is 0.610. The largest absolute Gasteiger partial charge is 0.314 e. The second-order valence-electron chi connectivity index (χ2n) is 15.8. The van der Waals surface area contributed by atoms with E-state index < -0.39 is 0 Å². The number of rotatable bonds is 13. The van der Waals surface area contributed by atoms with Gasteiger partial charge in [0.15, 0.2) is 0 Å². The summed E-state index contributed by atoms with van der Waals surface area (Å²) < 4.78 is 0. The molecule has 5 rings (SSSR count). The van der Waals surface area contributed by atoms with Crippen molar-refractivity contribution < 1.29 is 0 Å². The molecular weight excluding hydrogens is 486 g/mol. The molecule has 3 heteroatoms. The van der Waals surface area contributed by atoms with E-state index in [1.807, 2.05) is 12.3 Å². The van der Waals surface area contributed by atoms with Gasteiger partial charge >= 0.3 is 0 Å². The van der Waals surface area contributed by atoms with E-state index in [9.17, 15) is 0 Å². The van der Waals surface area contributed by atoms with Crippen LogP contribution in [0.5, 0.6) is 0 Å². The number of unbranched alkanes of at least 4 members (excludes halogenated alkanes) is 1. The predicted octanol–water partition coefficient (Wildman–Crippen LogP) is 9.03. The van der Waals surface area contributed by atoms with E-state index in [2.05, 4.69) is 62.4 Å². The van der Waals surface area contributed by atoms with Crippen LogP contribution in [0.15, 0.2) is 24.4 Å². The fourth-order valence-corrected chi connectivity index (χ4v) is 10.9. The van der Waals surface area contributed by atoms with Crippen LogP contribution in [-0.4, -0.2) is 24.1 Å². The number of hydrogen-bond acceptors (Lipinski definition) is 3. The average molecular weight is 550 g/mol. The molecule has 0 spiro atoms. The number of nitrogens with zero attached hydrogens (tertiary/aromatic N) is 1. The number of hydrogen-bond donors (Lipinski definition) is 2. The molecule has 4 aliphatic carbocycles. The van der Waals surface area contributed by atoms with Crippen molar-refractivity contribution in [1.82, 2.24) is 15.6 Å². The zero-order valence-electron chi connectivity index (χ0n) is 26.9. The monoisotopic (exact) mass is 550 g/mol. The maximum atomic E-state index is 4.41. The van der Waals surface area contributed by atoms with Crippen molar-refractivity contribution in [3.8, 4) is 0 Å². The van der Waals surface area contributed by atoms with Crippen LogP contribution in [-0.2, 0) is 6.54 Å². The van der Waals surface area contributed by atoms with Gasteiger partial charge in [-0.3, -0.25) is 4.98 Å². The van der Waals surface area contributed by atoms with Gasteiger partial charge in [-0.05, 0) is 148 Å². The van der Waals surface area contributed by atoms with E-state index in [0.717, 1.165) is 66.3 Å². The Labute approximate surface area is 247 Å². The highest BCUT2D eigenvalue weighted by Gasteiger charge is 2.60. The smallest absolute Gasteiger partial charge is 0.0541 e. The Morgan fingerprint density at radius 2 is 1.65 bits per heavy atom. The lowest BCUT2D eigenvalue weighted by atomic mass is 9.44. The maximum Gasteiger partial charge on any atom is 0.0541 e. The lowest BCUT2D eigenvalue weighted by Gasteiger charge is -2.61. The molecule has 4 saturated carbocycles. The summed E-state index contributed by atoms with van der Waals surface area (Å²) in [6.07, 6.45) is 22.2. The van der Waals surface area contributed by atoms with E-state index in [-0.39, 0.29) is 0 Å². The molecule has 0 bridgehead atoms. The van der Waals surface area contributed by atoms with Crippen molar-refractivity contribution in [2.75, 3.05) is 13.1 Å². The summed E-state index contributed by atoms with van der Waals surface area (Å²) in [5.74, 6) is 6.78. The van der Waals surface area contributed by atoms with Crippen molar-refractivity contribution >= 4 is 0 Å². The fraction of sp³-hybridized carbons (Fsp3) is 0.865. The quantitative estimate of drug-likeness (QED) is 0.241. The minimum Gasteiger partial charge on any atom is -0.314 e. The first-order valence-corrected chi connectivity index (χ1v) is 17.6. The zero-order valence-corrected chi connectivity index (χ0v) is 26.9. The third kappa shape index (κ3) is 6.66. The molecule has 0 radical (unpaired) electrons.